The third-order valence-electron chi connectivity index (χ3n) is 3.90. The maximum atomic E-state index is 12.6. The van der Waals surface area contributed by atoms with Gasteiger partial charge in [-0.05, 0) is 25.1 Å². The third-order valence-corrected chi connectivity index (χ3v) is 3.90. The zero-order valence-electron chi connectivity index (χ0n) is 14.0. The number of aromatic nitrogens is 1. The molecule has 1 aliphatic rings. The molecule has 0 atom stereocenters. The Morgan fingerprint density at radius 2 is 1.75 bits per heavy atom. The van der Waals surface area contributed by atoms with Crippen LogP contribution in [-0.2, 0) is 0 Å². The number of methoxy groups -OCH3 is 2. The van der Waals surface area contributed by atoms with E-state index in [2.05, 4.69) is 4.98 Å². The summed E-state index contributed by atoms with van der Waals surface area (Å²) in [4.78, 5) is 18.4. The highest BCUT2D eigenvalue weighted by molar-refractivity contribution is 5.95. The second kappa shape index (κ2) is 6.78. The van der Waals surface area contributed by atoms with Crippen molar-refractivity contribution in [3.63, 3.8) is 0 Å². The van der Waals surface area contributed by atoms with E-state index in [9.17, 15) is 4.79 Å². The second-order valence-electron chi connectivity index (χ2n) is 5.68. The van der Waals surface area contributed by atoms with Crippen LogP contribution in [0.25, 0.3) is 0 Å². The predicted molar refractivity (Wildman–Crippen MR) is 88.8 cm³/mol. The Morgan fingerprint density at radius 3 is 2.33 bits per heavy atom. The Balaban J connectivity index is 1.62. The largest absolute Gasteiger partial charge is 0.497 e. The van der Waals surface area contributed by atoms with Crippen LogP contribution in [0, 0.1) is 6.92 Å². The van der Waals surface area contributed by atoms with Gasteiger partial charge in [0.15, 0.2) is 0 Å². The third kappa shape index (κ3) is 3.42. The summed E-state index contributed by atoms with van der Waals surface area (Å²) in [5.74, 6) is 1.91. The van der Waals surface area contributed by atoms with Gasteiger partial charge >= 0.3 is 0 Å². The first-order chi connectivity index (χ1) is 11.6. The molecule has 2 heterocycles. The molecule has 6 heteroatoms. The van der Waals surface area contributed by atoms with Crippen molar-refractivity contribution in [3.8, 4) is 17.2 Å². The number of rotatable bonds is 5. The molecule has 1 saturated heterocycles. The van der Waals surface area contributed by atoms with Gasteiger partial charge in [0.05, 0.1) is 27.3 Å². The standard InChI is InChI=1S/C18H20N2O4/c1-12-6-14(4-5-19-12)24-17-10-20(11-17)18(21)13-7-15(22-2)9-16(8-13)23-3/h4-9,17H,10-11H2,1-3H3. The van der Waals surface area contributed by atoms with Crippen LogP contribution in [0.15, 0.2) is 36.5 Å². The number of amides is 1. The van der Waals surface area contributed by atoms with Gasteiger partial charge in [-0.15, -0.1) is 0 Å². The predicted octanol–water partition coefficient (Wildman–Crippen LogP) is 2.31. The lowest BCUT2D eigenvalue weighted by molar-refractivity contribution is 0.0177. The van der Waals surface area contributed by atoms with Crippen molar-refractivity contribution in [2.45, 2.75) is 13.0 Å². The molecule has 1 aliphatic heterocycles. The molecule has 6 nitrogen and oxygen atoms in total. The SMILES string of the molecule is COc1cc(OC)cc(C(=O)N2CC(Oc3ccnc(C)c3)C2)c1. The molecule has 1 aromatic heterocycles. The van der Waals surface area contributed by atoms with E-state index < -0.39 is 0 Å². The van der Waals surface area contributed by atoms with Gasteiger partial charge in [0.2, 0.25) is 0 Å². The topological polar surface area (TPSA) is 60.9 Å². The molecule has 0 bridgehead atoms. The molecule has 3 rings (SSSR count). The van der Waals surface area contributed by atoms with Gasteiger partial charge in [-0.25, -0.2) is 0 Å². The minimum absolute atomic E-state index is 0.00301. The second-order valence-corrected chi connectivity index (χ2v) is 5.68. The molecule has 1 amide bonds. The zero-order chi connectivity index (χ0) is 17.1. The average Bonchev–Trinajstić information content (AvgIpc) is 2.56. The van der Waals surface area contributed by atoms with Crippen molar-refractivity contribution in [1.29, 1.82) is 0 Å². The molecule has 1 aromatic carbocycles. The number of hydrogen-bond donors (Lipinski definition) is 0. The average molecular weight is 328 g/mol. The normalized spacial score (nSPS) is 14.0. The van der Waals surface area contributed by atoms with E-state index in [-0.39, 0.29) is 12.0 Å². The number of pyridine rings is 1. The number of ether oxygens (including phenoxy) is 3. The number of nitrogens with zero attached hydrogens (tertiary/aromatic N) is 2. The van der Waals surface area contributed by atoms with E-state index in [1.807, 2.05) is 19.1 Å². The Morgan fingerprint density at radius 1 is 1.08 bits per heavy atom. The summed E-state index contributed by atoms with van der Waals surface area (Å²) in [6.07, 6.45) is 1.72. The summed E-state index contributed by atoms with van der Waals surface area (Å²) >= 11 is 0. The van der Waals surface area contributed by atoms with Gasteiger partial charge in [0.25, 0.3) is 5.91 Å². The summed E-state index contributed by atoms with van der Waals surface area (Å²) in [5.41, 5.74) is 1.45. The molecule has 0 aliphatic carbocycles. The quantitative estimate of drug-likeness (QED) is 0.843. The number of carbonyl (C=O) groups excluding carboxylic acids is 1. The van der Waals surface area contributed by atoms with Crippen molar-refractivity contribution in [2.75, 3.05) is 27.3 Å². The van der Waals surface area contributed by atoms with Crippen molar-refractivity contribution < 1.29 is 19.0 Å². The van der Waals surface area contributed by atoms with Gasteiger partial charge in [-0.1, -0.05) is 0 Å². The van der Waals surface area contributed by atoms with Crippen molar-refractivity contribution in [3.05, 3.63) is 47.8 Å². The lowest BCUT2D eigenvalue weighted by Gasteiger charge is -2.39. The van der Waals surface area contributed by atoms with E-state index in [0.717, 1.165) is 11.4 Å². The fraction of sp³-hybridized carbons (Fsp3) is 0.333. The molecule has 0 N–H and O–H groups in total. The molecular weight excluding hydrogens is 308 g/mol. The molecule has 2 aromatic rings. The van der Waals surface area contributed by atoms with Crippen molar-refractivity contribution in [1.82, 2.24) is 9.88 Å². The van der Waals surface area contributed by atoms with Crippen LogP contribution >= 0.6 is 0 Å². The monoisotopic (exact) mass is 328 g/mol. The van der Waals surface area contributed by atoms with Gasteiger partial charge in [0, 0.05) is 29.6 Å². The first-order valence-corrected chi connectivity index (χ1v) is 7.70. The van der Waals surface area contributed by atoms with Crippen LogP contribution in [0.5, 0.6) is 17.2 Å². The van der Waals surface area contributed by atoms with Crippen LogP contribution in [0.4, 0.5) is 0 Å². The van der Waals surface area contributed by atoms with E-state index >= 15 is 0 Å². The maximum Gasteiger partial charge on any atom is 0.254 e. The summed E-state index contributed by atoms with van der Waals surface area (Å²) in [6, 6.07) is 8.88. The highest BCUT2D eigenvalue weighted by Crippen LogP contribution is 2.25. The molecule has 0 saturated carbocycles. The van der Waals surface area contributed by atoms with E-state index in [4.69, 9.17) is 14.2 Å². The zero-order valence-corrected chi connectivity index (χ0v) is 14.0. The molecule has 24 heavy (non-hydrogen) atoms. The van der Waals surface area contributed by atoms with E-state index in [1.54, 1.807) is 43.5 Å². The van der Waals surface area contributed by atoms with Gasteiger partial charge in [-0.3, -0.25) is 9.78 Å². The molecule has 0 unspecified atom stereocenters. The van der Waals surface area contributed by atoms with Crippen molar-refractivity contribution in [2.24, 2.45) is 0 Å². The minimum atomic E-state index is -0.0574. The highest BCUT2D eigenvalue weighted by Gasteiger charge is 2.33. The van der Waals surface area contributed by atoms with Crippen LogP contribution in [0.1, 0.15) is 16.1 Å². The fourth-order valence-electron chi connectivity index (χ4n) is 2.58. The molecule has 126 valence electrons. The van der Waals surface area contributed by atoms with Crippen LogP contribution in [0.2, 0.25) is 0 Å². The van der Waals surface area contributed by atoms with E-state index in [0.29, 0.717) is 30.2 Å². The summed E-state index contributed by atoms with van der Waals surface area (Å²) in [6.45, 7) is 3.03. The Bertz CT molecular complexity index is 719. The van der Waals surface area contributed by atoms with Crippen LogP contribution < -0.4 is 14.2 Å². The first kappa shape index (κ1) is 16.1. The Hall–Kier alpha value is -2.76. The highest BCUT2D eigenvalue weighted by atomic mass is 16.5. The molecule has 0 radical (unpaired) electrons. The summed E-state index contributed by atoms with van der Waals surface area (Å²) in [7, 11) is 3.13. The fourth-order valence-corrected chi connectivity index (χ4v) is 2.58. The smallest absolute Gasteiger partial charge is 0.254 e. The summed E-state index contributed by atoms with van der Waals surface area (Å²) < 4.78 is 16.3. The van der Waals surface area contributed by atoms with Gasteiger partial charge in [-0.2, -0.15) is 0 Å². The Kier molecular flexibility index (Phi) is 4.55. The van der Waals surface area contributed by atoms with E-state index in [1.165, 1.54) is 0 Å². The number of hydrogen-bond acceptors (Lipinski definition) is 5. The van der Waals surface area contributed by atoms with Gasteiger partial charge < -0.3 is 19.1 Å². The number of benzene rings is 1. The first-order valence-electron chi connectivity index (χ1n) is 7.70. The van der Waals surface area contributed by atoms with Gasteiger partial charge in [0.1, 0.15) is 23.4 Å². The molecule has 0 spiro atoms. The van der Waals surface area contributed by atoms with Crippen LogP contribution in [0.3, 0.4) is 0 Å². The number of aryl methyl sites for hydroxylation is 1. The lowest BCUT2D eigenvalue weighted by Crippen LogP contribution is -2.56. The minimum Gasteiger partial charge on any atom is -0.497 e. The number of carbonyl (C=O) groups is 1. The van der Waals surface area contributed by atoms with Crippen molar-refractivity contribution >= 4 is 5.91 Å². The van der Waals surface area contributed by atoms with Crippen LogP contribution in [-0.4, -0.2) is 49.2 Å². The maximum absolute atomic E-state index is 12.6. The summed E-state index contributed by atoms with van der Waals surface area (Å²) in [5, 5.41) is 0. The number of likely N-dealkylation sites (tertiary alicyclic amines) is 1. The molecule has 1 fully saturated rings. The lowest BCUT2D eigenvalue weighted by atomic mass is 10.1. The Labute approximate surface area is 141 Å². The molecular formula is C18H20N2O4.